The zero-order chi connectivity index (χ0) is 15.0. The van der Waals surface area contributed by atoms with E-state index in [4.69, 9.17) is 0 Å². The topological polar surface area (TPSA) is 15.3 Å². The summed E-state index contributed by atoms with van der Waals surface area (Å²) in [7, 11) is 2.18. The van der Waals surface area contributed by atoms with Crippen molar-refractivity contribution in [2.24, 2.45) is 0 Å². The first-order valence-electron chi connectivity index (χ1n) is 8.45. The summed E-state index contributed by atoms with van der Waals surface area (Å²) in [6.07, 6.45) is 6.26. The van der Waals surface area contributed by atoms with Crippen molar-refractivity contribution in [3.05, 3.63) is 59.7 Å². The first-order chi connectivity index (χ1) is 10.8. The Hall–Kier alpha value is -1.96. The van der Waals surface area contributed by atoms with Crippen LogP contribution >= 0.6 is 0 Å². The summed E-state index contributed by atoms with van der Waals surface area (Å²) < 4.78 is 0. The van der Waals surface area contributed by atoms with E-state index in [2.05, 4.69) is 65.8 Å². The molecule has 1 aliphatic heterocycles. The number of fused-ring (bicyclic) bond motifs is 1. The summed E-state index contributed by atoms with van der Waals surface area (Å²) in [5.74, 6) is 0. The molecule has 1 fully saturated rings. The standard InChI is InChI=1S/C20H24N2/c1-22-14-11-16-15-18(9-10-19(16)22)21-20(12-5-6-13-20)17-7-3-2-4-8-17/h2-4,7-10,15,21H,5-6,11-14H2,1H3. The predicted molar refractivity (Wildman–Crippen MR) is 93.6 cm³/mol. The van der Waals surface area contributed by atoms with Crippen molar-refractivity contribution in [1.29, 1.82) is 0 Å². The summed E-state index contributed by atoms with van der Waals surface area (Å²) in [6, 6.07) is 17.9. The van der Waals surface area contributed by atoms with Crippen molar-refractivity contribution in [1.82, 2.24) is 0 Å². The van der Waals surface area contributed by atoms with Gasteiger partial charge >= 0.3 is 0 Å². The van der Waals surface area contributed by atoms with Crippen molar-refractivity contribution < 1.29 is 0 Å². The Labute approximate surface area is 133 Å². The molecule has 1 N–H and O–H groups in total. The van der Waals surface area contributed by atoms with Crippen LogP contribution in [0, 0.1) is 0 Å². The highest BCUT2D eigenvalue weighted by Crippen LogP contribution is 2.42. The quantitative estimate of drug-likeness (QED) is 0.892. The van der Waals surface area contributed by atoms with Crippen molar-refractivity contribution in [2.45, 2.75) is 37.6 Å². The van der Waals surface area contributed by atoms with E-state index in [1.54, 1.807) is 0 Å². The van der Waals surface area contributed by atoms with Gasteiger partial charge in [-0.1, -0.05) is 43.2 Å². The van der Waals surface area contributed by atoms with E-state index in [1.165, 1.54) is 54.6 Å². The lowest BCUT2D eigenvalue weighted by Gasteiger charge is -2.32. The van der Waals surface area contributed by atoms with Gasteiger partial charge < -0.3 is 10.2 Å². The van der Waals surface area contributed by atoms with Gasteiger partial charge in [0.25, 0.3) is 0 Å². The number of anilines is 2. The molecule has 2 nitrogen and oxygen atoms in total. The van der Waals surface area contributed by atoms with E-state index < -0.39 is 0 Å². The zero-order valence-corrected chi connectivity index (χ0v) is 13.3. The van der Waals surface area contributed by atoms with Gasteiger partial charge in [0.15, 0.2) is 0 Å². The van der Waals surface area contributed by atoms with Crippen LogP contribution in [0.4, 0.5) is 11.4 Å². The molecule has 1 heterocycles. The number of hydrogen-bond acceptors (Lipinski definition) is 2. The monoisotopic (exact) mass is 292 g/mol. The molecule has 22 heavy (non-hydrogen) atoms. The minimum absolute atomic E-state index is 0.125. The number of rotatable bonds is 3. The molecule has 1 aliphatic carbocycles. The molecular formula is C20H24N2. The van der Waals surface area contributed by atoms with Crippen LogP contribution in [0.2, 0.25) is 0 Å². The first kappa shape index (κ1) is 13.7. The van der Waals surface area contributed by atoms with Gasteiger partial charge in [-0.25, -0.2) is 0 Å². The molecule has 0 saturated heterocycles. The fraction of sp³-hybridized carbons (Fsp3) is 0.400. The summed E-state index contributed by atoms with van der Waals surface area (Å²) in [5, 5.41) is 3.90. The van der Waals surface area contributed by atoms with Gasteiger partial charge in [-0.15, -0.1) is 0 Å². The molecule has 2 aromatic rings. The second-order valence-corrected chi connectivity index (χ2v) is 6.80. The van der Waals surface area contributed by atoms with Gasteiger partial charge in [-0.2, -0.15) is 0 Å². The molecule has 0 unspecified atom stereocenters. The highest BCUT2D eigenvalue weighted by molar-refractivity contribution is 5.64. The minimum Gasteiger partial charge on any atom is -0.376 e. The lowest BCUT2D eigenvalue weighted by molar-refractivity contribution is 0.509. The van der Waals surface area contributed by atoms with E-state index in [0.29, 0.717) is 0 Å². The van der Waals surface area contributed by atoms with E-state index in [9.17, 15) is 0 Å². The molecule has 0 radical (unpaired) electrons. The van der Waals surface area contributed by atoms with E-state index in [-0.39, 0.29) is 5.54 Å². The number of likely N-dealkylation sites (N-methyl/N-ethyl adjacent to an activating group) is 1. The maximum absolute atomic E-state index is 3.90. The van der Waals surface area contributed by atoms with Gasteiger partial charge in [0, 0.05) is 25.0 Å². The Balaban J connectivity index is 1.66. The second kappa shape index (κ2) is 5.35. The van der Waals surface area contributed by atoms with Gasteiger partial charge in [0.2, 0.25) is 0 Å². The lowest BCUT2D eigenvalue weighted by Crippen LogP contribution is -2.32. The van der Waals surface area contributed by atoms with E-state index >= 15 is 0 Å². The van der Waals surface area contributed by atoms with Crippen LogP contribution in [0.15, 0.2) is 48.5 Å². The van der Waals surface area contributed by atoms with Crippen molar-refractivity contribution in [3.63, 3.8) is 0 Å². The number of hydrogen-bond donors (Lipinski definition) is 1. The molecule has 2 heteroatoms. The largest absolute Gasteiger partial charge is 0.376 e. The highest BCUT2D eigenvalue weighted by atomic mass is 15.1. The third kappa shape index (κ3) is 2.27. The van der Waals surface area contributed by atoms with Crippen LogP contribution in [-0.4, -0.2) is 13.6 Å². The molecule has 0 bridgehead atoms. The average molecular weight is 292 g/mol. The summed E-state index contributed by atoms with van der Waals surface area (Å²) in [4.78, 5) is 2.35. The van der Waals surface area contributed by atoms with E-state index in [1.807, 2.05) is 0 Å². The van der Waals surface area contributed by atoms with Crippen LogP contribution in [0.5, 0.6) is 0 Å². The summed E-state index contributed by atoms with van der Waals surface area (Å²) >= 11 is 0. The molecule has 4 rings (SSSR count). The van der Waals surface area contributed by atoms with Gasteiger partial charge in [0.1, 0.15) is 0 Å². The molecule has 0 atom stereocenters. The molecule has 2 aromatic carbocycles. The highest BCUT2D eigenvalue weighted by Gasteiger charge is 2.35. The van der Waals surface area contributed by atoms with Gasteiger partial charge in [-0.3, -0.25) is 0 Å². The Morgan fingerprint density at radius 1 is 1.00 bits per heavy atom. The SMILES string of the molecule is CN1CCc2cc(NC3(c4ccccc4)CCCC3)ccc21. The lowest BCUT2D eigenvalue weighted by atomic mass is 9.87. The first-order valence-corrected chi connectivity index (χ1v) is 8.45. The zero-order valence-electron chi connectivity index (χ0n) is 13.3. The van der Waals surface area contributed by atoms with Crippen LogP contribution < -0.4 is 10.2 Å². The van der Waals surface area contributed by atoms with Crippen molar-refractivity contribution >= 4 is 11.4 Å². The Morgan fingerprint density at radius 2 is 1.77 bits per heavy atom. The van der Waals surface area contributed by atoms with Crippen LogP contribution in [-0.2, 0) is 12.0 Å². The Bertz CT molecular complexity index is 657. The second-order valence-electron chi connectivity index (χ2n) is 6.80. The normalized spacial score (nSPS) is 19.2. The maximum Gasteiger partial charge on any atom is 0.0625 e. The average Bonchev–Trinajstić information content (AvgIpc) is 3.17. The van der Waals surface area contributed by atoms with Crippen molar-refractivity contribution in [3.8, 4) is 0 Å². The van der Waals surface area contributed by atoms with Crippen molar-refractivity contribution in [2.75, 3.05) is 23.8 Å². The Kier molecular flexibility index (Phi) is 3.33. The fourth-order valence-electron chi connectivity index (χ4n) is 4.14. The molecular weight excluding hydrogens is 268 g/mol. The molecule has 2 aliphatic rings. The van der Waals surface area contributed by atoms with Gasteiger partial charge in [0.05, 0.1) is 5.54 Å². The van der Waals surface area contributed by atoms with E-state index in [0.717, 1.165) is 6.54 Å². The molecule has 114 valence electrons. The minimum atomic E-state index is 0.125. The third-order valence-electron chi connectivity index (χ3n) is 5.37. The summed E-state index contributed by atoms with van der Waals surface area (Å²) in [5.41, 5.74) is 5.71. The maximum atomic E-state index is 3.90. The van der Waals surface area contributed by atoms with Gasteiger partial charge in [-0.05, 0) is 48.6 Å². The molecule has 1 saturated carbocycles. The molecule has 0 spiro atoms. The fourth-order valence-corrected chi connectivity index (χ4v) is 4.14. The molecule has 0 aromatic heterocycles. The number of nitrogens with zero attached hydrogens (tertiary/aromatic N) is 1. The van der Waals surface area contributed by atoms with Crippen LogP contribution in [0.3, 0.4) is 0 Å². The molecule has 0 amide bonds. The van der Waals surface area contributed by atoms with Crippen LogP contribution in [0.25, 0.3) is 0 Å². The van der Waals surface area contributed by atoms with Crippen LogP contribution in [0.1, 0.15) is 36.8 Å². The smallest absolute Gasteiger partial charge is 0.0625 e. The predicted octanol–water partition coefficient (Wildman–Crippen LogP) is 4.56. The third-order valence-corrected chi connectivity index (χ3v) is 5.37. The Morgan fingerprint density at radius 3 is 2.55 bits per heavy atom. The number of benzene rings is 2. The number of nitrogens with one attached hydrogen (secondary N) is 1. The summed E-state index contributed by atoms with van der Waals surface area (Å²) in [6.45, 7) is 1.14.